The summed E-state index contributed by atoms with van der Waals surface area (Å²) in [5.41, 5.74) is 8.38. The minimum Gasteiger partial charge on any atom is -0.397 e. The zero-order chi connectivity index (χ0) is 13.0. The monoisotopic (exact) mass is 250 g/mol. The number of benzene rings is 1. The average Bonchev–Trinajstić information content (AvgIpc) is 2.77. The number of H-pyrrole nitrogens is 1. The number of aliphatic hydroxyl groups is 1. The summed E-state index contributed by atoms with van der Waals surface area (Å²) in [6.07, 6.45) is 2.34. The van der Waals surface area contributed by atoms with Gasteiger partial charge in [-0.05, 0) is 18.6 Å². The van der Waals surface area contributed by atoms with Gasteiger partial charge < -0.3 is 20.9 Å². The van der Waals surface area contributed by atoms with E-state index in [0.29, 0.717) is 18.7 Å². The van der Waals surface area contributed by atoms with E-state index >= 15 is 0 Å². The van der Waals surface area contributed by atoms with Crippen molar-refractivity contribution in [3.63, 3.8) is 0 Å². The summed E-state index contributed by atoms with van der Waals surface area (Å²) in [7, 11) is 1.63. The lowest BCUT2D eigenvalue weighted by molar-refractivity contribution is 0.170. The molecule has 1 unspecified atom stereocenters. The summed E-state index contributed by atoms with van der Waals surface area (Å²) in [5.74, 6) is 0. The molecule has 2 aromatic rings. The number of aromatic amines is 1. The first-order valence-electron chi connectivity index (χ1n) is 5.83. The molecule has 0 amide bonds. The Kier molecular flexibility index (Phi) is 4.01. The van der Waals surface area contributed by atoms with Crippen molar-refractivity contribution >= 4 is 22.3 Å². The van der Waals surface area contributed by atoms with Gasteiger partial charge in [-0.3, -0.25) is 5.10 Å². The van der Waals surface area contributed by atoms with Crippen molar-refractivity contribution in [3.05, 3.63) is 18.3 Å². The number of methoxy groups -OCH3 is 1. The molecule has 1 heterocycles. The van der Waals surface area contributed by atoms with Gasteiger partial charge in [0.25, 0.3) is 0 Å². The number of hydrogen-bond acceptors (Lipinski definition) is 5. The van der Waals surface area contributed by atoms with Crippen LogP contribution in [-0.4, -0.2) is 41.7 Å². The highest BCUT2D eigenvalue weighted by Crippen LogP contribution is 2.25. The molecule has 18 heavy (non-hydrogen) atoms. The van der Waals surface area contributed by atoms with E-state index in [1.807, 2.05) is 12.1 Å². The normalized spacial score (nSPS) is 12.8. The maximum absolute atomic E-state index is 9.01. The van der Waals surface area contributed by atoms with Crippen LogP contribution in [-0.2, 0) is 4.74 Å². The first-order chi connectivity index (χ1) is 8.74. The lowest BCUT2D eigenvalue weighted by Crippen LogP contribution is -2.26. The maximum Gasteiger partial charge on any atom is 0.0672 e. The van der Waals surface area contributed by atoms with Crippen molar-refractivity contribution < 1.29 is 9.84 Å². The van der Waals surface area contributed by atoms with Crippen molar-refractivity contribution in [3.8, 4) is 0 Å². The second-order valence-corrected chi connectivity index (χ2v) is 4.21. The predicted octanol–water partition coefficient (Wildman–Crippen LogP) is 0.954. The highest BCUT2D eigenvalue weighted by molar-refractivity contribution is 5.88. The number of anilines is 2. The predicted molar refractivity (Wildman–Crippen MR) is 71.5 cm³/mol. The third-order valence-corrected chi connectivity index (χ3v) is 2.82. The fraction of sp³-hybridized carbons (Fsp3) is 0.417. The molecule has 0 spiro atoms. The van der Waals surface area contributed by atoms with Crippen LogP contribution < -0.4 is 11.1 Å². The van der Waals surface area contributed by atoms with Crippen LogP contribution in [0.3, 0.4) is 0 Å². The third kappa shape index (κ3) is 2.72. The zero-order valence-electron chi connectivity index (χ0n) is 10.3. The Morgan fingerprint density at radius 2 is 2.39 bits per heavy atom. The molecular formula is C12H18N4O2. The molecule has 0 bridgehead atoms. The van der Waals surface area contributed by atoms with Crippen LogP contribution in [0.1, 0.15) is 6.42 Å². The Bertz CT molecular complexity index is 506. The zero-order valence-corrected chi connectivity index (χ0v) is 10.3. The average molecular weight is 250 g/mol. The van der Waals surface area contributed by atoms with Gasteiger partial charge >= 0.3 is 0 Å². The van der Waals surface area contributed by atoms with Crippen molar-refractivity contribution in [2.45, 2.75) is 12.5 Å². The standard InChI is InChI=1S/C12H18N4O2/c1-18-7-9(2-3-17)15-12-5-11-8(4-10(12)13)6-14-16-11/h4-6,9,15,17H,2-3,7,13H2,1H3,(H,14,16). The number of nitrogens with zero attached hydrogens (tertiary/aromatic N) is 1. The molecule has 0 aliphatic carbocycles. The summed E-state index contributed by atoms with van der Waals surface area (Å²) in [6.45, 7) is 0.619. The molecule has 0 saturated carbocycles. The van der Waals surface area contributed by atoms with Gasteiger partial charge in [0.15, 0.2) is 0 Å². The van der Waals surface area contributed by atoms with Crippen molar-refractivity contribution in [1.82, 2.24) is 10.2 Å². The molecule has 0 aliphatic heterocycles. The van der Waals surface area contributed by atoms with Gasteiger partial charge in [0.05, 0.1) is 35.7 Å². The number of nitrogens with one attached hydrogen (secondary N) is 2. The first-order valence-corrected chi connectivity index (χ1v) is 5.83. The number of nitrogens with two attached hydrogens (primary N) is 1. The second-order valence-electron chi connectivity index (χ2n) is 4.21. The number of hydrogen-bond donors (Lipinski definition) is 4. The second kappa shape index (κ2) is 5.70. The first kappa shape index (κ1) is 12.7. The number of nitrogen functional groups attached to an aromatic ring is 1. The number of fused-ring (bicyclic) bond motifs is 1. The van der Waals surface area contributed by atoms with E-state index in [4.69, 9.17) is 15.6 Å². The summed E-state index contributed by atoms with van der Waals surface area (Å²) < 4.78 is 5.11. The van der Waals surface area contributed by atoms with E-state index < -0.39 is 0 Å². The Balaban J connectivity index is 2.20. The van der Waals surface area contributed by atoms with Crippen molar-refractivity contribution in [1.29, 1.82) is 0 Å². The van der Waals surface area contributed by atoms with Gasteiger partial charge in [-0.2, -0.15) is 5.10 Å². The largest absolute Gasteiger partial charge is 0.397 e. The fourth-order valence-corrected chi connectivity index (χ4v) is 1.91. The number of aromatic nitrogens is 2. The van der Waals surface area contributed by atoms with Gasteiger partial charge in [-0.25, -0.2) is 0 Å². The number of aliphatic hydroxyl groups excluding tert-OH is 1. The Hall–Kier alpha value is -1.79. The summed E-state index contributed by atoms with van der Waals surface area (Å²) in [4.78, 5) is 0. The molecule has 2 rings (SSSR count). The number of ether oxygens (including phenoxy) is 1. The van der Waals surface area contributed by atoms with E-state index in [1.54, 1.807) is 13.3 Å². The topological polar surface area (TPSA) is 96.2 Å². The van der Waals surface area contributed by atoms with E-state index in [9.17, 15) is 0 Å². The molecule has 0 aliphatic rings. The molecule has 5 N–H and O–H groups in total. The smallest absolute Gasteiger partial charge is 0.0672 e. The van der Waals surface area contributed by atoms with E-state index in [2.05, 4.69) is 15.5 Å². The molecule has 0 saturated heterocycles. The van der Waals surface area contributed by atoms with Crippen LogP contribution in [0.2, 0.25) is 0 Å². The van der Waals surface area contributed by atoms with Crippen LogP contribution in [0.5, 0.6) is 0 Å². The van der Waals surface area contributed by atoms with Crippen LogP contribution in [0.4, 0.5) is 11.4 Å². The summed E-state index contributed by atoms with van der Waals surface area (Å²) in [6, 6.07) is 3.81. The Morgan fingerprint density at radius 3 is 3.11 bits per heavy atom. The third-order valence-electron chi connectivity index (χ3n) is 2.82. The molecule has 0 radical (unpaired) electrons. The maximum atomic E-state index is 9.01. The van der Waals surface area contributed by atoms with Crippen LogP contribution in [0, 0.1) is 0 Å². The molecule has 98 valence electrons. The lowest BCUT2D eigenvalue weighted by Gasteiger charge is -2.19. The van der Waals surface area contributed by atoms with E-state index in [1.165, 1.54) is 0 Å². The molecular weight excluding hydrogens is 232 g/mol. The molecule has 1 atom stereocenters. The molecule has 1 aromatic heterocycles. The summed E-state index contributed by atoms with van der Waals surface area (Å²) >= 11 is 0. The van der Waals surface area contributed by atoms with Crippen molar-refractivity contribution in [2.24, 2.45) is 0 Å². The van der Waals surface area contributed by atoms with E-state index in [0.717, 1.165) is 16.6 Å². The SMILES string of the molecule is COCC(CCO)Nc1cc2[nH]ncc2cc1N. The summed E-state index contributed by atoms with van der Waals surface area (Å²) in [5, 5.41) is 20.1. The highest BCUT2D eigenvalue weighted by Gasteiger charge is 2.10. The van der Waals surface area contributed by atoms with Gasteiger partial charge in [0, 0.05) is 19.1 Å². The Labute approximate surface area is 105 Å². The molecule has 6 heteroatoms. The molecule has 6 nitrogen and oxygen atoms in total. The van der Waals surface area contributed by atoms with Gasteiger partial charge in [-0.15, -0.1) is 0 Å². The van der Waals surface area contributed by atoms with Crippen LogP contribution in [0.15, 0.2) is 18.3 Å². The quantitative estimate of drug-likeness (QED) is 0.572. The Morgan fingerprint density at radius 1 is 1.56 bits per heavy atom. The van der Waals surface area contributed by atoms with Gasteiger partial charge in [0.1, 0.15) is 0 Å². The van der Waals surface area contributed by atoms with Gasteiger partial charge in [0.2, 0.25) is 0 Å². The van der Waals surface area contributed by atoms with E-state index in [-0.39, 0.29) is 12.6 Å². The van der Waals surface area contributed by atoms with Crippen molar-refractivity contribution in [2.75, 3.05) is 31.4 Å². The molecule has 0 fully saturated rings. The lowest BCUT2D eigenvalue weighted by atomic mass is 10.1. The minimum absolute atomic E-state index is 0.0303. The van der Waals surface area contributed by atoms with Crippen LogP contribution in [0.25, 0.3) is 10.9 Å². The van der Waals surface area contributed by atoms with Crippen LogP contribution >= 0.6 is 0 Å². The minimum atomic E-state index is 0.0303. The molecule has 1 aromatic carbocycles. The fourth-order valence-electron chi connectivity index (χ4n) is 1.91. The van der Waals surface area contributed by atoms with Gasteiger partial charge in [-0.1, -0.05) is 0 Å². The number of rotatable bonds is 6. The highest BCUT2D eigenvalue weighted by atomic mass is 16.5.